The zero-order valence-corrected chi connectivity index (χ0v) is 11.4. The van der Waals surface area contributed by atoms with Crippen molar-refractivity contribution in [1.29, 1.82) is 0 Å². The van der Waals surface area contributed by atoms with Crippen LogP contribution in [-0.2, 0) is 4.79 Å². The van der Waals surface area contributed by atoms with Gasteiger partial charge in [0.05, 0.1) is 0 Å². The lowest BCUT2D eigenvalue weighted by atomic mass is 9.87. The normalized spacial score (nSPS) is 25.6. The molecule has 3 atom stereocenters. The molecule has 18 heavy (non-hydrogen) atoms. The van der Waals surface area contributed by atoms with E-state index in [0.717, 1.165) is 19.3 Å². The lowest BCUT2D eigenvalue weighted by Crippen LogP contribution is -2.51. The Hall–Kier alpha value is -1.26. The van der Waals surface area contributed by atoms with Gasteiger partial charge in [0.25, 0.3) is 0 Å². The molecule has 1 rings (SSSR count). The molecular formula is C13H24N2O3. The van der Waals surface area contributed by atoms with Crippen molar-refractivity contribution in [2.45, 2.75) is 58.5 Å². The number of nitrogens with one attached hydrogen (secondary N) is 2. The van der Waals surface area contributed by atoms with E-state index in [1.807, 2.05) is 0 Å². The molecule has 0 aromatic rings. The average molecular weight is 256 g/mol. The Labute approximate surface area is 108 Å². The van der Waals surface area contributed by atoms with Gasteiger partial charge >= 0.3 is 12.0 Å². The Morgan fingerprint density at radius 2 is 1.94 bits per heavy atom. The van der Waals surface area contributed by atoms with E-state index in [-0.39, 0.29) is 18.0 Å². The summed E-state index contributed by atoms with van der Waals surface area (Å²) in [6.07, 6.45) is 4.30. The molecule has 1 aliphatic carbocycles. The van der Waals surface area contributed by atoms with E-state index in [4.69, 9.17) is 5.11 Å². The van der Waals surface area contributed by atoms with Crippen LogP contribution in [0.4, 0.5) is 4.79 Å². The zero-order chi connectivity index (χ0) is 13.7. The standard InChI is InChI=1S/C13H24N2O3/c1-8(2)11(12(16)17)15-13(18)14-10-6-4-5-9(3)7-10/h8-11H,4-7H2,1-3H3,(H,16,17)(H2,14,15,18). The van der Waals surface area contributed by atoms with Gasteiger partial charge in [-0.2, -0.15) is 0 Å². The number of carbonyl (C=O) groups is 2. The largest absolute Gasteiger partial charge is 0.480 e. The average Bonchev–Trinajstić information content (AvgIpc) is 2.25. The van der Waals surface area contributed by atoms with E-state index in [0.29, 0.717) is 5.92 Å². The smallest absolute Gasteiger partial charge is 0.326 e. The molecule has 0 saturated heterocycles. The molecule has 0 aliphatic heterocycles. The highest BCUT2D eigenvalue weighted by atomic mass is 16.4. The number of amides is 2. The monoisotopic (exact) mass is 256 g/mol. The van der Waals surface area contributed by atoms with Crippen LogP contribution < -0.4 is 10.6 Å². The number of rotatable bonds is 4. The fourth-order valence-corrected chi connectivity index (χ4v) is 2.45. The molecular weight excluding hydrogens is 232 g/mol. The predicted octanol–water partition coefficient (Wildman–Crippen LogP) is 1.97. The summed E-state index contributed by atoms with van der Waals surface area (Å²) < 4.78 is 0. The van der Waals surface area contributed by atoms with Gasteiger partial charge in [0.2, 0.25) is 0 Å². The summed E-state index contributed by atoms with van der Waals surface area (Å²) in [6, 6.07) is -1.02. The topological polar surface area (TPSA) is 78.4 Å². The fourth-order valence-electron chi connectivity index (χ4n) is 2.45. The van der Waals surface area contributed by atoms with Gasteiger partial charge in [0.1, 0.15) is 6.04 Å². The first-order valence-electron chi connectivity index (χ1n) is 6.70. The Kier molecular flexibility index (Phi) is 5.44. The van der Waals surface area contributed by atoms with E-state index in [1.165, 1.54) is 6.42 Å². The maximum absolute atomic E-state index is 11.8. The maximum Gasteiger partial charge on any atom is 0.326 e. The van der Waals surface area contributed by atoms with Crippen molar-refractivity contribution in [3.05, 3.63) is 0 Å². The molecule has 1 saturated carbocycles. The molecule has 0 aromatic carbocycles. The van der Waals surface area contributed by atoms with Gasteiger partial charge in [-0.25, -0.2) is 9.59 Å². The van der Waals surface area contributed by atoms with Gasteiger partial charge in [0, 0.05) is 6.04 Å². The molecule has 1 aliphatic rings. The number of carboxylic acids is 1. The second-order valence-electron chi connectivity index (χ2n) is 5.65. The summed E-state index contributed by atoms with van der Waals surface area (Å²) >= 11 is 0. The molecule has 2 amide bonds. The molecule has 0 heterocycles. The third-order valence-corrected chi connectivity index (χ3v) is 3.49. The number of aliphatic carboxylic acids is 1. The molecule has 0 spiro atoms. The third kappa shape index (κ3) is 4.55. The van der Waals surface area contributed by atoms with Crippen LogP contribution in [0.5, 0.6) is 0 Å². The Balaban J connectivity index is 2.42. The highest BCUT2D eigenvalue weighted by molar-refractivity contribution is 5.82. The fraction of sp³-hybridized carbons (Fsp3) is 0.846. The second-order valence-corrected chi connectivity index (χ2v) is 5.65. The number of urea groups is 1. The van der Waals surface area contributed by atoms with Gasteiger partial charge in [0.15, 0.2) is 0 Å². The first kappa shape index (κ1) is 14.8. The van der Waals surface area contributed by atoms with Gasteiger partial charge < -0.3 is 15.7 Å². The molecule has 3 N–H and O–H groups in total. The molecule has 0 radical (unpaired) electrons. The Morgan fingerprint density at radius 3 is 2.44 bits per heavy atom. The van der Waals surface area contributed by atoms with Crippen molar-refractivity contribution in [2.24, 2.45) is 11.8 Å². The summed E-state index contributed by atoms with van der Waals surface area (Å²) in [7, 11) is 0. The first-order valence-corrected chi connectivity index (χ1v) is 6.70. The third-order valence-electron chi connectivity index (χ3n) is 3.49. The van der Waals surface area contributed by atoms with Gasteiger partial charge in [-0.15, -0.1) is 0 Å². The highest BCUT2D eigenvalue weighted by Gasteiger charge is 2.25. The second kappa shape index (κ2) is 6.61. The molecule has 0 bridgehead atoms. The summed E-state index contributed by atoms with van der Waals surface area (Å²) in [5, 5.41) is 14.4. The maximum atomic E-state index is 11.8. The molecule has 3 unspecified atom stereocenters. The number of hydrogen-bond acceptors (Lipinski definition) is 2. The lowest BCUT2D eigenvalue weighted by molar-refractivity contribution is -0.140. The van der Waals surface area contributed by atoms with Crippen molar-refractivity contribution < 1.29 is 14.7 Å². The van der Waals surface area contributed by atoms with Crippen molar-refractivity contribution >= 4 is 12.0 Å². The predicted molar refractivity (Wildman–Crippen MR) is 69.3 cm³/mol. The Morgan fingerprint density at radius 1 is 1.28 bits per heavy atom. The van der Waals surface area contributed by atoms with E-state index < -0.39 is 12.0 Å². The van der Waals surface area contributed by atoms with Crippen LogP contribution in [0.3, 0.4) is 0 Å². The molecule has 5 nitrogen and oxygen atoms in total. The van der Waals surface area contributed by atoms with Crippen molar-refractivity contribution in [1.82, 2.24) is 10.6 Å². The van der Waals surface area contributed by atoms with Crippen molar-refractivity contribution in [3.63, 3.8) is 0 Å². The van der Waals surface area contributed by atoms with E-state index in [2.05, 4.69) is 17.6 Å². The summed E-state index contributed by atoms with van der Waals surface area (Å²) in [6.45, 7) is 5.74. The van der Waals surface area contributed by atoms with Crippen LogP contribution in [0.1, 0.15) is 46.5 Å². The lowest BCUT2D eigenvalue weighted by Gasteiger charge is -2.28. The van der Waals surface area contributed by atoms with Crippen molar-refractivity contribution in [3.8, 4) is 0 Å². The van der Waals surface area contributed by atoms with Crippen LogP contribution in [-0.4, -0.2) is 29.2 Å². The Bertz CT molecular complexity index is 305. The minimum Gasteiger partial charge on any atom is -0.480 e. The van der Waals surface area contributed by atoms with Crippen LogP contribution in [0.15, 0.2) is 0 Å². The number of carboxylic acid groups (broad SMARTS) is 1. The minimum absolute atomic E-state index is 0.126. The first-order chi connectivity index (χ1) is 8.40. The number of carbonyl (C=O) groups excluding carboxylic acids is 1. The summed E-state index contributed by atoms with van der Waals surface area (Å²) in [4.78, 5) is 22.7. The molecule has 0 aromatic heterocycles. The highest BCUT2D eigenvalue weighted by Crippen LogP contribution is 2.23. The quantitative estimate of drug-likeness (QED) is 0.719. The number of hydrogen-bond donors (Lipinski definition) is 3. The summed E-state index contributed by atoms with van der Waals surface area (Å²) in [5.74, 6) is -0.486. The SMILES string of the molecule is CC1CCCC(NC(=O)NC(C(=O)O)C(C)C)C1. The van der Waals surface area contributed by atoms with Crippen LogP contribution in [0.25, 0.3) is 0 Å². The molecule has 1 fully saturated rings. The minimum atomic E-state index is -0.989. The van der Waals surface area contributed by atoms with Crippen molar-refractivity contribution in [2.75, 3.05) is 0 Å². The van der Waals surface area contributed by atoms with E-state index >= 15 is 0 Å². The molecule has 5 heteroatoms. The van der Waals surface area contributed by atoms with E-state index in [1.54, 1.807) is 13.8 Å². The zero-order valence-electron chi connectivity index (χ0n) is 11.4. The van der Waals surface area contributed by atoms with Crippen LogP contribution >= 0.6 is 0 Å². The molecule has 104 valence electrons. The van der Waals surface area contributed by atoms with Crippen LogP contribution in [0.2, 0.25) is 0 Å². The van der Waals surface area contributed by atoms with Gasteiger partial charge in [-0.3, -0.25) is 0 Å². The van der Waals surface area contributed by atoms with Gasteiger partial charge in [-0.05, 0) is 24.7 Å². The van der Waals surface area contributed by atoms with E-state index in [9.17, 15) is 9.59 Å². The summed E-state index contributed by atoms with van der Waals surface area (Å²) in [5.41, 5.74) is 0. The van der Waals surface area contributed by atoms with Gasteiger partial charge in [-0.1, -0.05) is 33.6 Å². The van der Waals surface area contributed by atoms with Crippen LogP contribution in [0, 0.1) is 11.8 Å².